The fourth-order valence-electron chi connectivity index (χ4n) is 5.49. The predicted molar refractivity (Wildman–Crippen MR) is 139 cm³/mol. The van der Waals surface area contributed by atoms with E-state index < -0.39 is 0 Å². The number of halogens is 1. The van der Waals surface area contributed by atoms with Crippen molar-refractivity contribution in [3.8, 4) is 0 Å². The smallest absolute Gasteiger partial charge is 0.239 e. The molecule has 3 heterocycles. The molecule has 180 valence electrons. The van der Waals surface area contributed by atoms with E-state index in [1.807, 2.05) is 11.9 Å². The van der Waals surface area contributed by atoms with Crippen LogP contribution in [0.4, 0.5) is 0 Å². The quantitative estimate of drug-likeness (QED) is 0.239. The van der Waals surface area contributed by atoms with E-state index in [0.29, 0.717) is 5.91 Å². The number of nitrogens with zero attached hydrogens (tertiary/aromatic N) is 5. The Morgan fingerprint density at radius 2 is 1.61 bits per heavy atom. The van der Waals surface area contributed by atoms with Crippen molar-refractivity contribution in [2.75, 3.05) is 72.5 Å². The number of hydrogen-bond acceptors (Lipinski definition) is 4. The highest BCUT2D eigenvalue weighted by molar-refractivity contribution is 14.0. The van der Waals surface area contributed by atoms with Crippen LogP contribution in [0.3, 0.4) is 0 Å². The summed E-state index contributed by atoms with van der Waals surface area (Å²) in [4.78, 5) is 26.6. The van der Waals surface area contributed by atoms with E-state index in [1.54, 1.807) is 0 Å². The van der Waals surface area contributed by atoms with E-state index in [0.717, 1.165) is 82.9 Å². The van der Waals surface area contributed by atoms with Gasteiger partial charge in [-0.2, -0.15) is 0 Å². The number of piperidine rings is 1. The minimum Gasteiger partial charge on any atom is -0.356 e. The Morgan fingerprint density at radius 1 is 1.00 bits per heavy atom. The van der Waals surface area contributed by atoms with Crippen molar-refractivity contribution >= 4 is 35.8 Å². The Morgan fingerprint density at radius 3 is 2.19 bits per heavy atom. The molecule has 8 heteroatoms. The summed E-state index contributed by atoms with van der Waals surface area (Å²) in [6.07, 6.45) is 4.84. The van der Waals surface area contributed by atoms with Gasteiger partial charge in [-0.3, -0.25) is 14.7 Å². The summed E-state index contributed by atoms with van der Waals surface area (Å²) in [5, 5.41) is 3.57. The molecule has 31 heavy (non-hydrogen) atoms. The predicted octanol–water partition coefficient (Wildman–Crippen LogP) is 2.18. The molecule has 0 bridgehead atoms. The molecule has 3 atom stereocenters. The van der Waals surface area contributed by atoms with E-state index in [2.05, 4.69) is 45.8 Å². The second kappa shape index (κ2) is 13.2. The van der Waals surface area contributed by atoms with Crippen LogP contribution in [0.15, 0.2) is 4.99 Å². The molecule has 0 spiro atoms. The van der Waals surface area contributed by atoms with Gasteiger partial charge < -0.3 is 20.0 Å². The highest BCUT2D eigenvalue weighted by Gasteiger charge is 2.30. The molecule has 0 aromatic carbocycles. The average molecular weight is 549 g/mol. The van der Waals surface area contributed by atoms with Crippen LogP contribution in [0, 0.1) is 11.8 Å². The van der Waals surface area contributed by atoms with Gasteiger partial charge in [0.05, 0.1) is 6.04 Å². The van der Waals surface area contributed by atoms with Crippen molar-refractivity contribution in [2.45, 2.75) is 52.5 Å². The number of carbonyl (C=O) groups is 1. The van der Waals surface area contributed by atoms with Gasteiger partial charge in [0, 0.05) is 66.0 Å². The summed E-state index contributed by atoms with van der Waals surface area (Å²) in [5.74, 6) is 2.97. The lowest BCUT2D eigenvalue weighted by Crippen LogP contribution is -2.57. The number of carbonyl (C=O) groups excluding carboxylic acids is 1. The zero-order valence-corrected chi connectivity index (χ0v) is 22.5. The average Bonchev–Trinajstić information content (AvgIpc) is 3.27. The van der Waals surface area contributed by atoms with Crippen LogP contribution in [0.2, 0.25) is 0 Å². The number of aliphatic imine (C=N–C) groups is 1. The summed E-state index contributed by atoms with van der Waals surface area (Å²) in [7, 11) is 1.88. The van der Waals surface area contributed by atoms with Crippen LogP contribution < -0.4 is 5.32 Å². The van der Waals surface area contributed by atoms with Gasteiger partial charge in [0.1, 0.15) is 0 Å². The standard InChI is InChI=1S/C23H44N6O.HI/c1-19-16-20(2)18-26(17-19)9-7-8-25-23(24-4)29-14-12-27(13-15-29)21(3)22(30)28-10-5-6-11-28;/h19-21H,5-18H2,1-4H3,(H,24,25);1H. The number of hydrogen-bond donors (Lipinski definition) is 1. The highest BCUT2D eigenvalue weighted by atomic mass is 127. The Bertz CT molecular complexity index is 564. The van der Waals surface area contributed by atoms with Crippen LogP contribution in [0.5, 0.6) is 0 Å². The molecule has 3 fully saturated rings. The summed E-state index contributed by atoms with van der Waals surface area (Å²) in [6, 6.07) is -0.00505. The van der Waals surface area contributed by atoms with E-state index in [4.69, 9.17) is 0 Å². The number of piperazine rings is 1. The first-order valence-corrected chi connectivity index (χ1v) is 12.2. The van der Waals surface area contributed by atoms with Crippen molar-refractivity contribution in [1.29, 1.82) is 0 Å². The third-order valence-electron chi connectivity index (χ3n) is 7.03. The second-order valence-corrected chi connectivity index (χ2v) is 9.76. The number of guanidine groups is 1. The Kier molecular flexibility index (Phi) is 11.3. The van der Waals surface area contributed by atoms with Gasteiger partial charge >= 0.3 is 0 Å². The summed E-state index contributed by atoms with van der Waals surface area (Å²) in [5.41, 5.74) is 0. The molecule has 1 N–H and O–H groups in total. The third kappa shape index (κ3) is 7.74. The lowest BCUT2D eigenvalue weighted by atomic mass is 9.92. The molecule has 0 aromatic heterocycles. The van der Waals surface area contributed by atoms with E-state index in [9.17, 15) is 4.79 Å². The first kappa shape index (κ1) is 26.6. The van der Waals surface area contributed by atoms with Crippen LogP contribution in [0.25, 0.3) is 0 Å². The van der Waals surface area contributed by atoms with E-state index >= 15 is 0 Å². The van der Waals surface area contributed by atoms with Crippen molar-refractivity contribution in [2.24, 2.45) is 16.8 Å². The van der Waals surface area contributed by atoms with Crippen molar-refractivity contribution in [3.05, 3.63) is 0 Å². The third-order valence-corrected chi connectivity index (χ3v) is 7.03. The largest absolute Gasteiger partial charge is 0.356 e. The maximum Gasteiger partial charge on any atom is 0.239 e. The molecule has 0 saturated carbocycles. The Labute approximate surface area is 207 Å². The van der Waals surface area contributed by atoms with Crippen LogP contribution >= 0.6 is 24.0 Å². The normalized spacial score (nSPS) is 27.2. The van der Waals surface area contributed by atoms with Gasteiger partial charge in [-0.15, -0.1) is 24.0 Å². The molecule has 7 nitrogen and oxygen atoms in total. The first-order valence-electron chi connectivity index (χ1n) is 12.2. The molecule has 3 saturated heterocycles. The molecular formula is C23H45IN6O. The number of rotatable bonds is 6. The van der Waals surface area contributed by atoms with Crippen LogP contribution in [-0.4, -0.2) is 110 Å². The molecule has 3 aliphatic heterocycles. The number of amides is 1. The maximum atomic E-state index is 12.7. The minimum absolute atomic E-state index is 0. The number of nitrogens with one attached hydrogen (secondary N) is 1. The molecule has 1 amide bonds. The molecule has 3 aliphatic rings. The Hall–Kier alpha value is -0.610. The maximum absolute atomic E-state index is 12.7. The number of likely N-dealkylation sites (tertiary alicyclic amines) is 2. The van der Waals surface area contributed by atoms with Gasteiger partial charge in [0.25, 0.3) is 0 Å². The van der Waals surface area contributed by atoms with Gasteiger partial charge in [0.2, 0.25) is 5.91 Å². The topological polar surface area (TPSA) is 54.4 Å². The zero-order valence-electron chi connectivity index (χ0n) is 20.2. The van der Waals surface area contributed by atoms with E-state index in [1.165, 1.54) is 26.1 Å². The minimum atomic E-state index is -0.00505. The SMILES string of the molecule is CN=C(NCCCN1CC(C)CC(C)C1)N1CCN(C(C)C(=O)N2CCCC2)CC1.I. The summed E-state index contributed by atoms with van der Waals surface area (Å²) >= 11 is 0. The molecular weight excluding hydrogens is 503 g/mol. The van der Waals surface area contributed by atoms with E-state index in [-0.39, 0.29) is 30.0 Å². The zero-order chi connectivity index (χ0) is 21.5. The molecule has 0 aromatic rings. The summed E-state index contributed by atoms with van der Waals surface area (Å²) in [6.45, 7) is 17.0. The van der Waals surface area contributed by atoms with Crippen LogP contribution in [-0.2, 0) is 4.79 Å². The fraction of sp³-hybridized carbons (Fsp3) is 0.913. The Balaban J connectivity index is 0.00000341. The molecule has 3 unspecified atom stereocenters. The molecule has 0 aliphatic carbocycles. The van der Waals surface area contributed by atoms with Crippen LogP contribution in [0.1, 0.15) is 46.5 Å². The van der Waals surface area contributed by atoms with Crippen molar-refractivity contribution in [1.82, 2.24) is 24.9 Å². The first-order chi connectivity index (χ1) is 14.5. The van der Waals surface area contributed by atoms with Crippen molar-refractivity contribution < 1.29 is 4.79 Å². The molecule has 3 rings (SSSR count). The van der Waals surface area contributed by atoms with Gasteiger partial charge in [-0.25, -0.2) is 0 Å². The lowest BCUT2D eigenvalue weighted by molar-refractivity contribution is -0.135. The van der Waals surface area contributed by atoms with Gasteiger partial charge in [-0.05, 0) is 51.0 Å². The van der Waals surface area contributed by atoms with Crippen molar-refractivity contribution in [3.63, 3.8) is 0 Å². The fourth-order valence-corrected chi connectivity index (χ4v) is 5.49. The lowest BCUT2D eigenvalue weighted by Gasteiger charge is -2.39. The molecule has 0 radical (unpaired) electrons. The van der Waals surface area contributed by atoms with Gasteiger partial charge in [-0.1, -0.05) is 13.8 Å². The summed E-state index contributed by atoms with van der Waals surface area (Å²) < 4.78 is 0. The van der Waals surface area contributed by atoms with Gasteiger partial charge in [0.15, 0.2) is 5.96 Å². The second-order valence-electron chi connectivity index (χ2n) is 9.76. The monoisotopic (exact) mass is 548 g/mol. The highest BCUT2D eigenvalue weighted by Crippen LogP contribution is 2.20.